The first kappa shape index (κ1) is 17.5. The van der Waals surface area contributed by atoms with Gasteiger partial charge in [0, 0.05) is 25.2 Å². The fraction of sp³-hybridized carbons (Fsp3) is 0.941. The lowest BCUT2D eigenvalue weighted by atomic mass is 9.84. The molecule has 3 N–H and O–H groups in total. The number of carbonyl (C=O) groups excluding carboxylic acids is 1. The summed E-state index contributed by atoms with van der Waals surface area (Å²) in [5.41, 5.74) is 5.45. The van der Waals surface area contributed by atoms with E-state index in [1.807, 2.05) is 25.7 Å². The van der Waals surface area contributed by atoms with Crippen LogP contribution in [0.25, 0.3) is 0 Å². The molecule has 1 amide bonds. The molecule has 2 rings (SSSR count). The molecule has 0 radical (unpaired) electrons. The summed E-state index contributed by atoms with van der Waals surface area (Å²) in [6, 6.07) is 0.895. The van der Waals surface area contributed by atoms with Crippen molar-refractivity contribution in [3.8, 4) is 0 Å². The van der Waals surface area contributed by atoms with Crippen LogP contribution in [-0.2, 0) is 4.74 Å². The molecule has 2 aliphatic rings. The zero-order chi connectivity index (χ0) is 16.2. The quantitative estimate of drug-likeness (QED) is 0.791. The molecule has 128 valence electrons. The van der Waals surface area contributed by atoms with E-state index in [1.165, 1.54) is 25.7 Å². The maximum atomic E-state index is 12.3. The van der Waals surface area contributed by atoms with Gasteiger partial charge in [0.05, 0.1) is 0 Å². The molecule has 2 saturated carbocycles. The summed E-state index contributed by atoms with van der Waals surface area (Å²) in [7, 11) is 0. The lowest BCUT2D eigenvalue weighted by molar-refractivity contribution is 0.0233. The van der Waals surface area contributed by atoms with Gasteiger partial charge in [-0.1, -0.05) is 12.8 Å². The summed E-state index contributed by atoms with van der Waals surface area (Å²) in [4.78, 5) is 14.2. The van der Waals surface area contributed by atoms with E-state index in [2.05, 4.69) is 5.32 Å². The minimum atomic E-state index is -0.425. The molecule has 5 heteroatoms. The monoisotopic (exact) mass is 311 g/mol. The summed E-state index contributed by atoms with van der Waals surface area (Å²) < 4.78 is 5.53. The zero-order valence-electron chi connectivity index (χ0n) is 14.4. The lowest BCUT2D eigenvalue weighted by Gasteiger charge is -2.33. The van der Waals surface area contributed by atoms with Crippen LogP contribution >= 0.6 is 0 Å². The number of amides is 1. The van der Waals surface area contributed by atoms with Crippen molar-refractivity contribution in [1.29, 1.82) is 0 Å². The Bertz CT molecular complexity index is 363. The van der Waals surface area contributed by atoms with Gasteiger partial charge in [0.25, 0.3) is 0 Å². The summed E-state index contributed by atoms with van der Waals surface area (Å²) in [5.74, 6) is 0.588. The van der Waals surface area contributed by atoms with Crippen LogP contribution in [0, 0.1) is 5.92 Å². The maximum Gasteiger partial charge on any atom is 0.410 e. The summed E-state index contributed by atoms with van der Waals surface area (Å²) >= 11 is 0. The topological polar surface area (TPSA) is 67.6 Å². The Morgan fingerprint density at radius 2 is 1.91 bits per heavy atom. The van der Waals surface area contributed by atoms with Crippen molar-refractivity contribution in [3.05, 3.63) is 0 Å². The molecule has 0 aliphatic heterocycles. The third kappa shape index (κ3) is 5.43. The van der Waals surface area contributed by atoms with Gasteiger partial charge >= 0.3 is 6.09 Å². The van der Waals surface area contributed by atoms with Crippen LogP contribution in [0.4, 0.5) is 4.79 Å². The Labute approximate surface area is 134 Å². The molecule has 0 heterocycles. The van der Waals surface area contributed by atoms with Crippen molar-refractivity contribution in [2.24, 2.45) is 11.7 Å². The highest BCUT2D eigenvalue weighted by atomic mass is 16.6. The molecule has 0 spiro atoms. The van der Waals surface area contributed by atoms with E-state index in [4.69, 9.17) is 10.5 Å². The van der Waals surface area contributed by atoms with Crippen molar-refractivity contribution in [2.45, 2.75) is 77.0 Å². The number of carbonyl (C=O) groups is 1. The first-order chi connectivity index (χ1) is 10.4. The first-order valence-electron chi connectivity index (χ1n) is 8.84. The van der Waals surface area contributed by atoms with Crippen LogP contribution in [0.2, 0.25) is 0 Å². The molecule has 0 saturated heterocycles. The van der Waals surface area contributed by atoms with Gasteiger partial charge in [0.2, 0.25) is 0 Å². The maximum absolute atomic E-state index is 12.3. The molecule has 0 aromatic rings. The second-order valence-electron chi connectivity index (χ2n) is 7.75. The van der Waals surface area contributed by atoms with Gasteiger partial charge in [-0.2, -0.15) is 0 Å². The Balaban J connectivity index is 1.78. The van der Waals surface area contributed by atoms with E-state index in [0.717, 1.165) is 32.5 Å². The summed E-state index contributed by atoms with van der Waals surface area (Å²) in [6.07, 6.45) is 7.06. The van der Waals surface area contributed by atoms with Gasteiger partial charge < -0.3 is 20.7 Å². The van der Waals surface area contributed by atoms with Crippen molar-refractivity contribution in [1.82, 2.24) is 10.2 Å². The molecule has 0 aromatic carbocycles. The highest BCUT2D eigenvalue weighted by molar-refractivity contribution is 5.69. The molecule has 2 unspecified atom stereocenters. The average Bonchev–Trinajstić information content (AvgIpc) is 3.26. The smallest absolute Gasteiger partial charge is 0.410 e. The fourth-order valence-corrected chi connectivity index (χ4v) is 3.26. The second-order valence-corrected chi connectivity index (χ2v) is 7.75. The summed E-state index contributed by atoms with van der Waals surface area (Å²) in [5, 5.41) is 3.62. The normalized spacial score (nSPS) is 25.8. The van der Waals surface area contributed by atoms with Gasteiger partial charge in [0.15, 0.2) is 0 Å². The minimum Gasteiger partial charge on any atom is -0.444 e. The Kier molecular flexibility index (Phi) is 6.09. The van der Waals surface area contributed by atoms with Crippen LogP contribution < -0.4 is 11.1 Å². The highest BCUT2D eigenvalue weighted by Gasteiger charge is 2.35. The molecule has 5 nitrogen and oxygen atoms in total. The third-order valence-corrected chi connectivity index (χ3v) is 4.59. The number of nitrogens with one attached hydrogen (secondary N) is 1. The van der Waals surface area contributed by atoms with E-state index in [0.29, 0.717) is 18.0 Å². The zero-order valence-corrected chi connectivity index (χ0v) is 14.4. The molecule has 2 aliphatic carbocycles. The largest absolute Gasteiger partial charge is 0.444 e. The Morgan fingerprint density at radius 3 is 2.50 bits per heavy atom. The molecular formula is C17H33N3O2. The fourth-order valence-electron chi connectivity index (χ4n) is 3.26. The predicted octanol–water partition coefficient (Wildman–Crippen LogP) is 2.49. The summed E-state index contributed by atoms with van der Waals surface area (Å²) in [6.45, 7) is 8.08. The van der Waals surface area contributed by atoms with Crippen LogP contribution in [0.15, 0.2) is 0 Å². The molecule has 22 heavy (non-hydrogen) atoms. The number of rotatable bonds is 6. The van der Waals surface area contributed by atoms with Crippen molar-refractivity contribution >= 4 is 6.09 Å². The van der Waals surface area contributed by atoms with Crippen LogP contribution in [0.1, 0.15) is 59.3 Å². The van der Waals surface area contributed by atoms with Gasteiger partial charge in [0.1, 0.15) is 5.60 Å². The van der Waals surface area contributed by atoms with E-state index in [1.54, 1.807) is 0 Å². The predicted molar refractivity (Wildman–Crippen MR) is 88.8 cm³/mol. The SMILES string of the molecule is CC(C)(C)OC(=O)N(CCNC1CCCCC1CN)C1CC1. The van der Waals surface area contributed by atoms with Gasteiger partial charge in [-0.05, 0) is 58.9 Å². The van der Waals surface area contributed by atoms with Crippen molar-refractivity contribution in [3.63, 3.8) is 0 Å². The number of hydrogen-bond acceptors (Lipinski definition) is 4. The van der Waals surface area contributed by atoms with Crippen LogP contribution in [0.5, 0.6) is 0 Å². The third-order valence-electron chi connectivity index (χ3n) is 4.59. The van der Waals surface area contributed by atoms with Crippen LogP contribution in [-0.4, -0.2) is 48.3 Å². The Hall–Kier alpha value is -0.810. The van der Waals surface area contributed by atoms with Crippen LogP contribution in [0.3, 0.4) is 0 Å². The van der Waals surface area contributed by atoms with Gasteiger partial charge in [-0.15, -0.1) is 0 Å². The van der Waals surface area contributed by atoms with Crippen molar-refractivity contribution < 1.29 is 9.53 Å². The minimum absolute atomic E-state index is 0.171. The highest BCUT2D eigenvalue weighted by Crippen LogP contribution is 2.28. The van der Waals surface area contributed by atoms with Crippen molar-refractivity contribution in [2.75, 3.05) is 19.6 Å². The van der Waals surface area contributed by atoms with E-state index >= 15 is 0 Å². The lowest BCUT2D eigenvalue weighted by Crippen LogP contribution is -2.47. The number of hydrogen-bond donors (Lipinski definition) is 2. The standard InChI is InChI=1S/C17H33N3O2/c1-17(2,3)22-16(21)20(14-8-9-14)11-10-19-15-7-5-4-6-13(15)12-18/h13-15,19H,4-12,18H2,1-3H3. The van der Waals surface area contributed by atoms with E-state index < -0.39 is 5.60 Å². The van der Waals surface area contributed by atoms with E-state index in [9.17, 15) is 4.79 Å². The molecule has 2 atom stereocenters. The molecular weight excluding hydrogens is 278 g/mol. The molecule has 0 aromatic heterocycles. The molecule has 2 fully saturated rings. The molecule has 0 bridgehead atoms. The first-order valence-corrected chi connectivity index (χ1v) is 8.84. The number of nitrogens with two attached hydrogens (primary N) is 1. The number of nitrogens with zero attached hydrogens (tertiary/aromatic N) is 1. The average molecular weight is 311 g/mol. The second kappa shape index (κ2) is 7.64. The van der Waals surface area contributed by atoms with Gasteiger partial charge in [-0.25, -0.2) is 4.79 Å². The van der Waals surface area contributed by atoms with Gasteiger partial charge in [-0.3, -0.25) is 0 Å². The van der Waals surface area contributed by atoms with E-state index in [-0.39, 0.29) is 6.09 Å². The number of ether oxygens (including phenoxy) is 1. The Morgan fingerprint density at radius 1 is 1.23 bits per heavy atom.